The second kappa shape index (κ2) is 10.7. The smallest absolute Gasteiger partial charge is 0.314 e. The number of H-pyrrole nitrogens is 1. The van der Waals surface area contributed by atoms with E-state index in [0.29, 0.717) is 53.5 Å². The van der Waals surface area contributed by atoms with E-state index < -0.39 is 5.92 Å². The van der Waals surface area contributed by atoms with Gasteiger partial charge in [0, 0.05) is 29.6 Å². The van der Waals surface area contributed by atoms with E-state index in [0.717, 1.165) is 5.56 Å². The molecule has 0 aliphatic heterocycles. The van der Waals surface area contributed by atoms with Crippen LogP contribution in [0.15, 0.2) is 51.8 Å². The number of oxazole rings is 1. The highest BCUT2D eigenvalue weighted by Gasteiger charge is 2.25. The van der Waals surface area contributed by atoms with Gasteiger partial charge in [0.25, 0.3) is 5.89 Å². The number of rotatable bonds is 11. The number of pyridine rings is 1. The van der Waals surface area contributed by atoms with Gasteiger partial charge in [-0.1, -0.05) is 6.92 Å². The van der Waals surface area contributed by atoms with Crippen LogP contribution in [0.3, 0.4) is 0 Å². The minimum atomic E-state index is -0.465. The number of carbonyl (C=O) groups excluding carboxylic acids is 1. The lowest BCUT2D eigenvalue weighted by Gasteiger charge is -2.14. The first kappa shape index (κ1) is 23.1. The average molecular weight is 466 g/mol. The topological polar surface area (TPSA) is 126 Å². The van der Waals surface area contributed by atoms with Crippen LogP contribution in [0.25, 0.3) is 11.7 Å². The van der Waals surface area contributed by atoms with E-state index >= 15 is 0 Å². The van der Waals surface area contributed by atoms with E-state index in [1.54, 1.807) is 42.9 Å². The lowest BCUT2D eigenvalue weighted by molar-refractivity contribution is -0.147. The summed E-state index contributed by atoms with van der Waals surface area (Å²) in [6.07, 6.45) is 5.40. The van der Waals surface area contributed by atoms with E-state index in [4.69, 9.17) is 23.0 Å². The monoisotopic (exact) mass is 466 g/mol. The SMILES string of the molecule is CCOc1n[nH]cc1C(CC)C(=O)OCc1ccc(OCc2nc(-c3ccco3)oc2C)nc1. The summed E-state index contributed by atoms with van der Waals surface area (Å²) in [5.74, 6) is 1.63. The molecule has 1 unspecified atom stereocenters. The van der Waals surface area contributed by atoms with E-state index in [1.807, 2.05) is 20.8 Å². The Bertz CT molecular complexity index is 1200. The van der Waals surface area contributed by atoms with Crippen molar-refractivity contribution < 1.29 is 27.8 Å². The highest BCUT2D eigenvalue weighted by molar-refractivity contribution is 5.78. The zero-order valence-corrected chi connectivity index (χ0v) is 19.2. The summed E-state index contributed by atoms with van der Waals surface area (Å²) in [5, 5.41) is 6.80. The van der Waals surface area contributed by atoms with Crippen LogP contribution in [0.1, 0.15) is 48.8 Å². The molecule has 0 aromatic carbocycles. The first-order chi connectivity index (χ1) is 16.6. The summed E-state index contributed by atoms with van der Waals surface area (Å²) < 4.78 is 27.7. The third-order valence-electron chi connectivity index (χ3n) is 5.14. The van der Waals surface area contributed by atoms with Gasteiger partial charge in [0.2, 0.25) is 11.8 Å². The number of hydrogen-bond donors (Lipinski definition) is 1. The number of nitrogens with zero attached hydrogens (tertiary/aromatic N) is 3. The average Bonchev–Trinajstić information content (AvgIpc) is 3.60. The molecule has 10 heteroatoms. The molecule has 0 radical (unpaired) electrons. The molecule has 0 amide bonds. The van der Waals surface area contributed by atoms with E-state index in [1.165, 1.54) is 0 Å². The second-order valence-electron chi connectivity index (χ2n) is 7.44. The summed E-state index contributed by atoms with van der Waals surface area (Å²) in [6, 6.07) is 7.06. The zero-order chi connectivity index (χ0) is 23.9. The fourth-order valence-electron chi connectivity index (χ4n) is 3.35. The third kappa shape index (κ3) is 5.28. The van der Waals surface area contributed by atoms with E-state index in [-0.39, 0.29) is 19.2 Å². The van der Waals surface area contributed by atoms with Crippen molar-refractivity contribution >= 4 is 5.97 Å². The minimum absolute atomic E-state index is 0.0966. The highest BCUT2D eigenvalue weighted by Crippen LogP contribution is 2.28. The standard InChI is InChI=1S/C24H26N4O6/c1-4-17(18-12-26-28-22(18)30-5-2)24(29)33-13-16-8-9-21(25-11-16)32-14-19-15(3)34-23(27-19)20-7-6-10-31-20/h6-12,17H,4-5,13-14H2,1-3H3,(H,26,28). The molecular weight excluding hydrogens is 440 g/mol. The minimum Gasteiger partial charge on any atom is -0.477 e. The summed E-state index contributed by atoms with van der Waals surface area (Å²) >= 11 is 0. The Balaban J connectivity index is 1.31. The van der Waals surface area contributed by atoms with Crippen LogP contribution >= 0.6 is 0 Å². The molecular formula is C24H26N4O6. The van der Waals surface area contributed by atoms with Gasteiger partial charge in [-0.15, -0.1) is 5.10 Å². The van der Waals surface area contributed by atoms with Gasteiger partial charge in [0.05, 0.1) is 18.8 Å². The van der Waals surface area contributed by atoms with Crippen LogP contribution < -0.4 is 9.47 Å². The molecule has 4 aromatic rings. The Morgan fingerprint density at radius 3 is 2.76 bits per heavy atom. The van der Waals surface area contributed by atoms with Crippen molar-refractivity contribution in [2.24, 2.45) is 0 Å². The molecule has 4 aromatic heterocycles. The second-order valence-corrected chi connectivity index (χ2v) is 7.44. The first-order valence-electron chi connectivity index (χ1n) is 11.0. The Morgan fingerprint density at radius 1 is 1.18 bits per heavy atom. The molecule has 178 valence electrons. The number of hydrogen-bond acceptors (Lipinski definition) is 9. The number of ether oxygens (including phenoxy) is 3. The Morgan fingerprint density at radius 2 is 2.06 bits per heavy atom. The van der Waals surface area contributed by atoms with Gasteiger partial charge in [-0.25, -0.2) is 9.97 Å². The largest absolute Gasteiger partial charge is 0.477 e. The van der Waals surface area contributed by atoms with Crippen LogP contribution in [0.2, 0.25) is 0 Å². The van der Waals surface area contributed by atoms with Crippen LogP contribution in [-0.2, 0) is 22.7 Å². The molecule has 0 saturated heterocycles. The molecule has 4 rings (SSSR count). The van der Waals surface area contributed by atoms with Crippen molar-refractivity contribution in [2.75, 3.05) is 6.61 Å². The molecule has 0 saturated carbocycles. The molecule has 0 aliphatic carbocycles. The summed E-state index contributed by atoms with van der Waals surface area (Å²) in [7, 11) is 0. The predicted molar refractivity (Wildman–Crippen MR) is 120 cm³/mol. The van der Waals surface area contributed by atoms with Gasteiger partial charge in [-0.05, 0) is 38.5 Å². The summed E-state index contributed by atoms with van der Waals surface area (Å²) in [4.78, 5) is 21.4. The molecule has 10 nitrogen and oxygen atoms in total. The van der Waals surface area contributed by atoms with Crippen molar-refractivity contribution in [3.05, 3.63) is 65.5 Å². The lowest BCUT2D eigenvalue weighted by Crippen LogP contribution is -2.16. The van der Waals surface area contributed by atoms with Crippen molar-refractivity contribution in [2.45, 2.75) is 46.3 Å². The molecule has 4 heterocycles. The number of carbonyl (C=O) groups is 1. The first-order valence-corrected chi connectivity index (χ1v) is 11.0. The van der Waals surface area contributed by atoms with Gasteiger partial charge in [-0.3, -0.25) is 9.89 Å². The van der Waals surface area contributed by atoms with Crippen molar-refractivity contribution in [3.63, 3.8) is 0 Å². The highest BCUT2D eigenvalue weighted by atomic mass is 16.5. The Kier molecular flexibility index (Phi) is 7.26. The van der Waals surface area contributed by atoms with Gasteiger partial charge >= 0.3 is 5.97 Å². The van der Waals surface area contributed by atoms with Gasteiger partial charge in [0.1, 0.15) is 24.7 Å². The summed E-state index contributed by atoms with van der Waals surface area (Å²) in [5.41, 5.74) is 2.09. The molecule has 0 bridgehead atoms. The molecule has 1 atom stereocenters. The van der Waals surface area contributed by atoms with E-state index in [9.17, 15) is 4.79 Å². The number of furan rings is 1. The predicted octanol–water partition coefficient (Wildman–Crippen LogP) is 4.58. The van der Waals surface area contributed by atoms with Gasteiger partial charge < -0.3 is 23.0 Å². The lowest BCUT2D eigenvalue weighted by atomic mass is 9.99. The van der Waals surface area contributed by atoms with Crippen molar-refractivity contribution in [3.8, 4) is 23.4 Å². The van der Waals surface area contributed by atoms with Crippen molar-refractivity contribution in [1.82, 2.24) is 20.2 Å². The van der Waals surface area contributed by atoms with Crippen LogP contribution in [0.5, 0.6) is 11.8 Å². The van der Waals surface area contributed by atoms with Crippen LogP contribution in [0, 0.1) is 6.92 Å². The van der Waals surface area contributed by atoms with Gasteiger partial charge in [-0.2, -0.15) is 0 Å². The number of aryl methyl sites for hydroxylation is 1. The number of esters is 1. The zero-order valence-electron chi connectivity index (χ0n) is 19.2. The Labute approximate surface area is 196 Å². The quantitative estimate of drug-likeness (QED) is 0.316. The number of nitrogens with one attached hydrogen (secondary N) is 1. The maximum atomic E-state index is 12.7. The van der Waals surface area contributed by atoms with Crippen LogP contribution in [-0.4, -0.2) is 32.7 Å². The molecule has 0 aliphatic rings. The van der Waals surface area contributed by atoms with Gasteiger partial charge in [0.15, 0.2) is 5.76 Å². The van der Waals surface area contributed by atoms with Crippen LogP contribution in [0.4, 0.5) is 0 Å². The third-order valence-corrected chi connectivity index (χ3v) is 5.14. The van der Waals surface area contributed by atoms with E-state index in [2.05, 4.69) is 20.2 Å². The summed E-state index contributed by atoms with van der Waals surface area (Å²) in [6.45, 7) is 6.35. The Hall–Kier alpha value is -4.08. The normalized spacial score (nSPS) is 11.9. The fraction of sp³-hybridized carbons (Fsp3) is 0.333. The maximum Gasteiger partial charge on any atom is 0.314 e. The molecule has 1 N–H and O–H groups in total. The molecule has 0 fully saturated rings. The number of aromatic nitrogens is 4. The molecule has 34 heavy (non-hydrogen) atoms. The van der Waals surface area contributed by atoms with Crippen molar-refractivity contribution in [1.29, 1.82) is 0 Å². The fourth-order valence-corrected chi connectivity index (χ4v) is 3.35. The number of aromatic amines is 1. The molecule has 0 spiro atoms. The maximum absolute atomic E-state index is 12.7.